The van der Waals surface area contributed by atoms with Gasteiger partial charge in [0.25, 0.3) is 0 Å². The fraction of sp³-hybridized carbons (Fsp3) is 0.919. The summed E-state index contributed by atoms with van der Waals surface area (Å²) in [5, 5.41) is 81.1. The lowest BCUT2D eigenvalue weighted by Crippen LogP contribution is -2.65. The Morgan fingerprint density at radius 2 is 0.593 bits per heavy atom. The van der Waals surface area contributed by atoms with E-state index in [0.29, 0.717) is 131 Å². The molecule has 9 unspecified atom stereocenters. The van der Waals surface area contributed by atoms with E-state index < -0.39 is 33.6 Å². The third-order valence-electron chi connectivity index (χ3n) is 33.3. The Morgan fingerprint density at radius 1 is 0.321 bits per heavy atom. The molecule has 0 heterocycles. The van der Waals surface area contributed by atoms with Crippen molar-refractivity contribution in [2.75, 3.05) is 0 Å². The van der Waals surface area contributed by atoms with E-state index in [1.54, 1.807) is 0 Å². The van der Waals surface area contributed by atoms with Crippen molar-refractivity contribution in [2.45, 2.75) is 251 Å². The average molecular weight is 1110 g/mol. The van der Waals surface area contributed by atoms with Crippen LogP contribution in [0.15, 0.2) is 0 Å². The maximum absolute atomic E-state index is 12.0. The van der Waals surface area contributed by atoms with Crippen LogP contribution in [0.4, 0.5) is 0 Å². The van der Waals surface area contributed by atoms with Crippen molar-refractivity contribution in [2.24, 2.45) is 169 Å². The van der Waals surface area contributed by atoms with Crippen molar-refractivity contribution in [1.82, 2.24) is 0 Å². The number of aliphatic hydroxyl groups excluding tert-OH is 1. The molecule has 18 aliphatic rings. The van der Waals surface area contributed by atoms with Gasteiger partial charge in [-0.1, -0.05) is 73.2 Å². The van der Waals surface area contributed by atoms with Crippen molar-refractivity contribution >= 4 is 0 Å². The van der Waals surface area contributed by atoms with E-state index >= 15 is 0 Å². The van der Waals surface area contributed by atoms with Crippen LogP contribution in [-0.2, 0) is 0 Å². The molecule has 18 rings (SSSR count). The second kappa shape index (κ2) is 16.4. The van der Waals surface area contributed by atoms with Crippen molar-refractivity contribution in [3.05, 3.63) is 0 Å². The van der Waals surface area contributed by atoms with Crippen LogP contribution >= 0.6 is 0 Å². The quantitative estimate of drug-likeness (QED) is 0.120. The highest BCUT2D eigenvalue weighted by atomic mass is 16.3. The molecule has 0 aromatic rings. The van der Waals surface area contributed by atoms with Gasteiger partial charge in [0.05, 0.1) is 22.9 Å². The molecule has 0 spiro atoms. The van der Waals surface area contributed by atoms with Crippen molar-refractivity contribution < 1.29 is 35.7 Å². The molecule has 444 valence electrons. The highest BCUT2D eigenvalue weighted by Crippen LogP contribution is 2.85. The lowest BCUT2D eigenvalue weighted by molar-refractivity contribution is -0.233. The molecule has 7 N–H and O–H groups in total. The lowest BCUT2D eigenvalue weighted by Gasteiger charge is -2.64. The fourth-order valence-electron chi connectivity index (χ4n) is 29.3. The van der Waals surface area contributed by atoms with Gasteiger partial charge in [-0.3, -0.25) is 0 Å². The standard InChI is InChI=1S/2C25H36O2.C24H34O3/c2*1-5-8-24(26)19-12-16(19)21-20-15-11-18(15)25(27)13-14(2)6-9-22(25,3)17(20)7-10-23(21,24)4;1-4-7-23(26)18-11-15(18)20-19-14-10-17(14)24(27)12-13(25)5-8-21(24,2)16(19)6-9-22(20,23)3/h2*14-21,26-27H,6-7,9-13H2,1-4H3;13-20,25-27H,5-6,8-12H2,1-3H3/t2*14-,15-,16+,17?,18+,19-,20?,21?,22+,23-,24-,25+;13-,14-,15+,16?,17+,18-,19?,20?,21+,22-,23-,24+/m000/s1. The second-order valence-corrected chi connectivity index (χ2v) is 35.6. The molecule has 18 aliphatic carbocycles. The first kappa shape index (κ1) is 54.8. The molecule has 36 atom stereocenters. The first-order valence-corrected chi connectivity index (χ1v) is 34.5. The summed E-state index contributed by atoms with van der Waals surface area (Å²) < 4.78 is 0. The minimum atomic E-state index is -0.802. The molecule has 7 heteroatoms. The molecule has 7 nitrogen and oxygen atoms in total. The summed E-state index contributed by atoms with van der Waals surface area (Å²) in [5.74, 6) is 32.8. The van der Waals surface area contributed by atoms with Gasteiger partial charge in [-0.05, 0) is 284 Å². The summed E-state index contributed by atoms with van der Waals surface area (Å²) in [6.07, 6.45) is 22.8. The summed E-state index contributed by atoms with van der Waals surface area (Å²) in [4.78, 5) is 0. The predicted molar refractivity (Wildman–Crippen MR) is 313 cm³/mol. The van der Waals surface area contributed by atoms with E-state index in [0.717, 1.165) is 76.0 Å². The highest BCUT2D eigenvalue weighted by Gasteiger charge is 2.85. The first-order valence-electron chi connectivity index (χ1n) is 34.5. The monoisotopic (exact) mass is 1110 g/mol. The van der Waals surface area contributed by atoms with Gasteiger partial charge in [-0.2, -0.15) is 0 Å². The molecule has 0 radical (unpaired) electrons. The molecule has 18 saturated carbocycles. The van der Waals surface area contributed by atoms with Gasteiger partial charge in [0.2, 0.25) is 0 Å². The Morgan fingerprint density at radius 3 is 0.901 bits per heavy atom. The zero-order valence-electron chi connectivity index (χ0n) is 51.8. The minimum absolute atomic E-state index is 0.0360. The van der Waals surface area contributed by atoms with Crippen LogP contribution < -0.4 is 0 Å². The maximum Gasteiger partial charge on any atom is 0.134 e. The molecular formula is C74H106O7. The third-order valence-corrected chi connectivity index (χ3v) is 33.3. The number of rotatable bonds is 0. The molecule has 81 heavy (non-hydrogen) atoms. The zero-order valence-corrected chi connectivity index (χ0v) is 51.8. The van der Waals surface area contributed by atoms with E-state index in [1.165, 1.54) is 64.2 Å². The van der Waals surface area contributed by atoms with E-state index in [9.17, 15) is 35.7 Å². The Bertz CT molecular complexity index is 2600. The number of hydrogen-bond acceptors (Lipinski definition) is 7. The summed E-state index contributed by atoms with van der Waals surface area (Å²) in [5.41, 5.74) is -3.90. The summed E-state index contributed by atoms with van der Waals surface area (Å²) in [7, 11) is 0. The number of fused-ring (bicyclic) bond motifs is 30. The highest BCUT2D eigenvalue weighted by molar-refractivity contribution is 5.40. The topological polar surface area (TPSA) is 142 Å². The Kier molecular flexibility index (Phi) is 11.1. The first-order chi connectivity index (χ1) is 38.1. The van der Waals surface area contributed by atoms with Crippen LogP contribution in [0, 0.1) is 204 Å². The Hall–Kier alpha value is -1.60. The molecular weight excluding hydrogens is 1000 g/mol. The van der Waals surface area contributed by atoms with E-state index in [-0.39, 0.29) is 38.6 Å². The van der Waals surface area contributed by atoms with Crippen molar-refractivity contribution in [3.63, 3.8) is 0 Å². The normalized spacial score (nSPS) is 67.6. The zero-order chi connectivity index (χ0) is 56.9. The molecule has 0 amide bonds. The smallest absolute Gasteiger partial charge is 0.134 e. The van der Waals surface area contributed by atoms with Crippen molar-refractivity contribution in [3.8, 4) is 35.5 Å². The largest absolute Gasteiger partial charge is 0.393 e. The van der Waals surface area contributed by atoms with Crippen LogP contribution in [0.2, 0.25) is 0 Å². The van der Waals surface area contributed by atoms with Gasteiger partial charge in [0, 0.05) is 40.4 Å². The number of aliphatic hydroxyl groups is 7. The van der Waals surface area contributed by atoms with Gasteiger partial charge in [-0.15, -0.1) is 17.8 Å². The second-order valence-electron chi connectivity index (χ2n) is 35.6. The van der Waals surface area contributed by atoms with Gasteiger partial charge in [0.15, 0.2) is 0 Å². The molecule has 0 saturated heterocycles. The Balaban J connectivity index is 0.000000100. The molecule has 0 aromatic heterocycles. The average Bonchev–Trinajstić information content (AvgIpc) is 1.71. The van der Waals surface area contributed by atoms with Crippen LogP contribution in [0.1, 0.15) is 211 Å². The van der Waals surface area contributed by atoms with Gasteiger partial charge in [0.1, 0.15) is 16.8 Å². The lowest BCUT2D eigenvalue weighted by atomic mass is 9.42. The van der Waals surface area contributed by atoms with Crippen LogP contribution in [0.25, 0.3) is 0 Å². The van der Waals surface area contributed by atoms with E-state index in [4.69, 9.17) is 0 Å². The van der Waals surface area contributed by atoms with Crippen LogP contribution in [-0.4, -0.2) is 75.5 Å². The summed E-state index contributed by atoms with van der Waals surface area (Å²) in [6, 6.07) is 0. The van der Waals surface area contributed by atoms with Crippen molar-refractivity contribution in [1.29, 1.82) is 0 Å². The summed E-state index contributed by atoms with van der Waals surface area (Å²) in [6.45, 7) is 24.6. The predicted octanol–water partition coefficient (Wildman–Crippen LogP) is 11.5. The fourth-order valence-corrected chi connectivity index (χ4v) is 29.3. The number of hydrogen-bond donors (Lipinski definition) is 7. The summed E-state index contributed by atoms with van der Waals surface area (Å²) >= 11 is 0. The SMILES string of the molecule is CC#C[C@]1(O)[C@H]2C[C@H]2C2C3C(CC[C@@]21C)[C@@]1(C)CC[C@H](C)C[C@@]1(O)[C@@H]1C[C@H]31.CC#C[C@]1(O)[C@H]2C[C@H]2C2C3C(CC[C@@]21C)[C@@]1(C)CC[C@H](C)C[C@@]1(O)[C@@H]1C[C@H]31.CC#C[C@]1(O)[C@H]2C[C@H]2C2C3C(CC[C@@]21C)[C@@]1(C)CC[C@H](O)C[C@@]1(O)[C@@H]1C[C@H]31. The van der Waals surface area contributed by atoms with E-state index in [1.807, 2.05) is 20.8 Å². The third kappa shape index (κ3) is 6.21. The van der Waals surface area contributed by atoms with E-state index in [2.05, 4.69) is 90.9 Å². The maximum atomic E-state index is 12.0. The van der Waals surface area contributed by atoms with Crippen LogP contribution in [0.3, 0.4) is 0 Å². The van der Waals surface area contributed by atoms with Gasteiger partial charge >= 0.3 is 0 Å². The molecule has 0 aliphatic heterocycles. The Labute approximate surface area is 488 Å². The van der Waals surface area contributed by atoms with Gasteiger partial charge < -0.3 is 35.7 Å². The van der Waals surface area contributed by atoms with Crippen LogP contribution in [0.5, 0.6) is 0 Å². The minimum Gasteiger partial charge on any atom is -0.393 e. The molecule has 18 fully saturated rings. The molecule has 0 aromatic carbocycles. The van der Waals surface area contributed by atoms with Gasteiger partial charge in [-0.25, -0.2) is 0 Å². The molecule has 0 bridgehead atoms.